The van der Waals surface area contributed by atoms with Gasteiger partial charge in [-0.25, -0.2) is 9.97 Å². The topological polar surface area (TPSA) is 44.2 Å². The monoisotopic (exact) mass is 388 g/mol. The number of aryl methyl sites for hydroxylation is 2. The summed E-state index contributed by atoms with van der Waals surface area (Å²) in [4.78, 5) is 11.4. The van der Waals surface area contributed by atoms with Crippen LogP contribution in [0, 0.1) is 0 Å². The average Bonchev–Trinajstić information content (AvgIpc) is 3.14. The van der Waals surface area contributed by atoms with Crippen LogP contribution in [0.25, 0.3) is 10.2 Å². The van der Waals surface area contributed by atoms with E-state index in [0.29, 0.717) is 12.5 Å². The fourth-order valence-electron chi connectivity index (χ4n) is 3.60. The van der Waals surface area contributed by atoms with Crippen LogP contribution >= 0.6 is 11.3 Å². The molecule has 2 aromatic carbocycles. The summed E-state index contributed by atoms with van der Waals surface area (Å²) in [7, 11) is 0. The highest BCUT2D eigenvalue weighted by molar-refractivity contribution is 7.18. The van der Waals surface area contributed by atoms with Crippen molar-refractivity contribution < 1.29 is 9.47 Å². The number of aromatic nitrogens is 2. The molecule has 0 amide bonds. The lowest BCUT2D eigenvalue weighted by Crippen LogP contribution is -1.99. The van der Waals surface area contributed by atoms with Crippen LogP contribution in [0.2, 0.25) is 0 Å². The Morgan fingerprint density at radius 2 is 1.64 bits per heavy atom. The Balaban J connectivity index is 1.34. The molecule has 0 saturated heterocycles. The minimum atomic E-state index is 0.550. The van der Waals surface area contributed by atoms with Crippen molar-refractivity contribution in [3.8, 4) is 17.4 Å². The van der Waals surface area contributed by atoms with Crippen LogP contribution in [0.15, 0.2) is 60.9 Å². The average molecular weight is 388 g/mol. The molecule has 5 rings (SSSR count). The molecule has 0 bridgehead atoms. The third-order valence-electron chi connectivity index (χ3n) is 5.00. The Morgan fingerprint density at radius 1 is 0.857 bits per heavy atom. The zero-order valence-electron chi connectivity index (χ0n) is 15.4. The van der Waals surface area contributed by atoms with Crippen molar-refractivity contribution in [1.29, 1.82) is 0 Å². The Hall–Kier alpha value is -2.92. The van der Waals surface area contributed by atoms with E-state index in [2.05, 4.69) is 22.1 Å². The molecule has 0 aliphatic heterocycles. The van der Waals surface area contributed by atoms with Gasteiger partial charge in [-0.2, -0.15) is 0 Å². The summed E-state index contributed by atoms with van der Waals surface area (Å²) in [5, 5.41) is 1.09. The predicted octanol–water partition coefficient (Wildman–Crippen LogP) is 5.94. The van der Waals surface area contributed by atoms with Gasteiger partial charge in [0.25, 0.3) is 0 Å². The summed E-state index contributed by atoms with van der Waals surface area (Å²) in [5.41, 5.74) is 2.53. The van der Waals surface area contributed by atoms with Gasteiger partial charge in [-0.15, -0.1) is 11.3 Å². The van der Waals surface area contributed by atoms with E-state index in [9.17, 15) is 0 Å². The number of rotatable bonds is 5. The van der Waals surface area contributed by atoms with E-state index in [1.807, 2.05) is 42.5 Å². The molecule has 0 fully saturated rings. The van der Waals surface area contributed by atoms with Crippen LogP contribution < -0.4 is 9.47 Å². The Kier molecular flexibility index (Phi) is 4.67. The second kappa shape index (κ2) is 7.60. The molecule has 140 valence electrons. The normalized spacial score (nSPS) is 13.3. The van der Waals surface area contributed by atoms with Gasteiger partial charge in [-0.3, -0.25) is 0 Å². The molecule has 4 nitrogen and oxygen atoms in total. The minimum absolute atomic E-state index is 0.550. The molecule has 5 heteroatoms. The number of benzene rings is 2. The van der Waals surface area contributed by atoms with Gasteiger partial charge < -0.3 is 9.47 Å². The van der Waals surface area contributed by atoms with Crippen molar-refractivity contribution in [3.05, 3.63) is 76.9 Å². The van der Waals surface area contributed by atoms with Crippen molar-refractivity contribution in [2.75, 3.05) is 0 Å². The zero-order valence-corrected chi connectivity index (χ0v) is 16.2. The highest BCUT2D eigenvalue weighted by Crippen LogP contribution is 2.40. The van der Waals surface area contributed by atoms with Crippen molar-refractivity contribution in [3.63, 3.8) is 0 Å². The molecule has 0 N–H and O–H groups in total. The zero-order chi connectivity index (χ0) is 18.8. The maximum atomic E-state index is 6.13. The molecule has 4 aromatic rings. The highest BCUT2D eigenvalue weighted by atomic mass is 32.1. The Bertz CT molecular complexity index is 1090. The van der Waals surface area contributed by atoms with Gasteiger partial charge in [-0.1, -0.05) is 30.3 Å². The van der Waals surface area contributed by atoms with Crippen molar-refractivity contribution >= 4 is 21.6 Å². The smallest absolute Gasteiger partial charge is 0.231 e. The molecular weight excluding hydrogens is 368 g/mol. The number of fused-ring (bicyclic) bond motifs is 3. The summed E-state index contributed by atoms with van der Waals surface area (Å²) in [6.07, 6.45) is 6.31. The molecule has 0 saturated carbocycles. The van der Waals surface area contributed by atoms with Gasteiger partial charge >= 0.3 is 0 Å². The van der Waals surface area contributed by atoms with Gasteiger partial charge in [0, 0.05) is 4.88 Å². The van der Waals surface area contributed by atoms with Crippen LogP contribution in [-0.2, 0) is 19.4 Å². The van der Waals surface area contributed by atoms with Gasteiger partial charge in [-0.05, 0) is 61.1 Å². The van der Waals surface area contributed by atoms with Gasteiger partial charge in [0.1, 0.15) is 29.3 Å². The third-order valence-corrected chi connectivity index (χ3v) is 6.20. The lowest BCUT2D eigenvalue weighted by atomic mass is 9.97. The van der Waals surface area contributed by atoms with Crippen molar-refractivity contribution in [2.45, 2.75) is 32.3 Å². The van der Waals surface area contributed by atoms with Crippen LogP contribution in [-0.4, -0.2) is 9.97 Å². The first-order valence-corrected chi connectivity index (χ1v) is 10.4. The van der Waals surface area contributed by atoms with Crippen LogP contribution in [0.3, 0.4) is 0 Å². The Morgan fingerprint density at radius 3 is 2.50 bits per heavy atom. The predicted molar refractivity (Wildman–Crippen MR) is 111 cm³/mol. The fraction of sp³-hybridized carbons (Fsp3) is 0.217. The summed E-state index contributed by atoms with van der Waals surface area (Å²) < 4.78 is 12.0. The fourth-order valence-corrected chi connectivity index (χ4v) is 4.81. The quantitative estimate of drug-likeness (QED) is 0.424. The molecular formula is C23H20N2O2S. The standard InChI is InChI=1S/C23H20N2O2S/c1-2-6-16(7-3-1)14-26-17-10-12-18(13-11-17)27-22-21-19-8-4-5-9-20(19)28-23(21)25-15-24-22/h1-3,6-7,10-13,15H,4-5,8-9,14H2. The lowest BCUT2D eigenvalue weighted by Gasteiger charge is -2.12. The summed E-state index contributed by atoms with van der Waals surface area (Å²) in [6, 6.07) is 17.9. The van der Waals surface area contributed by atoms with Gasteiger partial charge in [0.2, 0.25) is 5.88 Å². The van der Waals surface area contributed by atoms with E-state index >= 15 is 0 Å². The first kappa shape index (κ1) is 17.2. The van der Waals surface area contributed by atoms with Gasteiger partial charge in [0.05, 0.1) is 5.39 Å². The molecule has 0 atom stereocenters. The van der Waals surface area contributed by atoms with Crippen molar-refractivity contribution in [2.24, 2.45) is 0 Å². The van der Waals surface area contributed by atoms with E-state index in [1.54, 1.807) is 17.7 Å². The number of ether oxygens (including phenoxy) is 2. The molecule has 2 aromatic heterocycles. The number of hydrogen-bond donors (Lipinski definition) is 0. The molecule has 0 radical (unpaired) electrons. The van der Waals surface area contributed by atoms with E-state index in [1.165, 1.54) is 23.3 Å². The molecule has 28 heavy (non-hydrogen) atoms. The van der Waals surface area contributed by atoms with E-state index in [4.69, 9.17) is 9.47 Å². The first-order chi connectivity index (χ1) is 13.9. The minimum Gasteiger partial charge on any atom is -0.489 e. The van der Waals surface area contributed by atoms with Crippen LogP contribution in [0.1, 0.15) is 28.8 Å². The Labute approximate surface area is 167 Å². The maximum Gasteiger partial charge on any atom is 0.231 e. The van der Waals surface area contributed by atoms with E-state index in [-0.39, 0.29) is 0 Å². The number of hydrogen-bond acceptors (Lipinski definition) is 5. The number of nitrogens with zero attached hydrogens (tertiary/aromatic N) is 2. The first-order valence-electron chi connectivity index (χ1n) is 9.57. The largest absolute Gasteiger partial charge is 0.489 e. The molecule has 0 spiro atoms. The maximum absolute atomic E-state index is 6.13. The second-order valence-corrected chi connectivity index (χ2v) is 8.00. The third kappa shape index (κ3) is 3.45. The molecule has 1 aliphatic carbocycles. The highest BCUT2D eigenvalue weighted by Gasteiger charge is 2.20. The summed E-state index contributed by atoms with van der Waals surface area (Å²) >= 11 is 1.78. The molecule has 2 heterocycles. The number of thiophene rings is 1. The molecule has 0 unspecified atom stereocenters. The van der Waals surface area contributed by atoms with Gasteiger partial charge in [0.15, 0.2) is 0 Å². The summed E-state index contributed by atoms with van der Waals surface area (Å²) in [6.45, 7) is 0.550. The van der Waals surface area contributed by atoms with E-state index < -0.39 is 0 Å². The van der Waals surface area contributed by atoms with Crippen molar-refractivity contribution in [1.82, 2.24) is 9.97 Å². The lowest BCUT2D eigenvalue weighted by molar-refractivity contribution is 0.305. The van der Waals surface area contributed by atoms with Crippen LogP contribution in [0.4, 0.5) is 0 Å². The second-order valence-electron chi connectivity index (χ2n) is 6.92. The molecule has 1 aliphatic rings. The van der Waals surface area contributed by atoms with Crippen LogP contribution in [0.5, 0.6) is 17.4 Å². The SMILES string of the molecule is c1ccc(COc2ccc(Oc3ncnc4sc5c(c34)CCCC5)cc2)cc1. The summed E-state index contributed by atoms with van der Waals surface area (Å²) in [5.74, 6) is 2.22. The van der Waals surface area contributed by atoms with E-state index in [0.717, 1.165) is 40.1 Å².